The third-order valence-electron chi connectivity index (χ3n) is 4.98. The average Bonchev–Trinajstić information content (AvgIpc) is 3.27. The van der Waals surface area contributed by atoms with Gasteiger partial charge >= 0.3 is 0 Å². The Hall–Kier alpha value is -1.04. The van der Waals surface area contributed by atoms with Crippen LogP contribution >= 0.6 is 0 Å². The van der Waals surface area contributed by atoms with Crippen molar-refractivity contribution in [2.45, 2.75) is 79.6 Å². The van der Waals surface area contributed by atoms with Gasteiger partial charge in [-0.05, 0) is 48.7 Å². The van der Waals surface area contributed by atoms with Gasteiger partial charge in [0.05, 0.1) is 0 Å². The summed E-state index contributed by atoms with van der Waals surface area (Å²) in [5, 5.41) is 0. The monoisotopic (exact) mass is 298 g/mol. The molecule has 1 aliphatic rings. The second-order valence-electron chi connectivity index (χ2n) is 8.15. The lowest BCUT2D eigenvalue weighted by Gasteiger charge is -2.34. The molecule has 0 bridgehead atoms. The van der Waals surface area contributed by atoms with Crippen molar-refractivity contribution >= 4 is 5.57 Å². The first kappa shape index (κ1) is 17.3. The van der Waals surface area contributed by atoms with Crippen LogP contribution in [-0.4, -0.2) is 0 Å². The molecule has 1 atom stereocenters. The molecule has 0 radical (unpaired) electrons. The number of benzene rings is 1. The summed E-state index contributed by atoms with van der Waals surface area (Å²) in [5.74, 6) is 0.699. The molecule has 122 valence electrons. The van der Waals surface area contributed by atoms with Crippen molar-refractivity contribution in [2.24, 2.45) is 11.3 Å². The van der Waals surface area contributed by atoms with E-state index >= 15 is 0 Å². The summed E-state index contributed by atoms with van der Waals surface area (Å²) in [6, 6.07) is 9.24. The van der Waals surface area contributed by atoms with Gasteiger partial charge in [0.15, 0.2) is 0 Å². The van der Waals surface area contributed by atoms with Crippen LogP contribution in [0.3, 0.4) is 0 Å². The molecule has 0 aliphatic heterocycles. The van der Waals surface area contributed by atoms with Crippen LogP contribution < -0.4 is 0 Å². The van der Waals surface area contributed by atoms with E-state index in [1.165, 1.54) is 56.1 Å². The minimum atomic E-state index is 0.349. The highest BCUT2D eigenvalue weighted by Gasteiger charge is 2.32. The maximum atomic E-state index is 2.43. The topological polar surface area (TPSA) is 0 Å². The first-order valence-electron chi connectivity index (χ1n) is 9.22. The molecule has 1 unspecified atom stereocenters. The molecule has 22 heavy (non-hydrogen) atoms. The molecule has 0 heterocycles. The Balaban J connectivity index is 2.23. The third kappa shape index (κ3) is 4.73. The smallest absolute Gasteiger partial charge is 0.0108 e. The highest BCUT2D eigenvalue weighted by atomic mass is 14.4. The predicted molar refractivity (Wildman–Crippen MR) is 99.0 cm³/mol. The molecule has 1 aromatic rings. The summed E-state index contributed by atoms with van der Waals surface area (Å²) in [6.45, 7) is 11.8. The van der Waals surface area contributed by atoms with Crippen LogP contribution in [0.2, 0.25) is 0 Å². The Morgan fingerprint density at radius 1 is 1.00 bits per heavy atom. The van der Waals surface area contributed by atoms with Crippen LogP contribution in [0.4, 0.5) is 0 Å². The minimum absolute atomic E-state index is 0.349. The van der Waals surface area contributed by atoms with Gasteiger partial charge < -0.3 is 0 Å². The Morgan fingerprint density at radius 2 is 1.64 bits per heavy atom. The fraction of sp³-hybridized carbons (Fsp3) is 0.636. The van der Waals surface area contributed by atoms with E-state index in [9.17, 15) is 0 Å². The van der Waals surface area contributed by atoms with Gasteiger partial charge in [0.1, 0.15) is 0 Å². The lowest BCUT2D eigenvalue weighted by Crippen LogP contribution is -2.22. The summed E-state index contributed by atoms with van der Waals surface area (Å²) in [6.07, 6.45) is 9.46. The van der Waals surface area contributed by atoms with Gasteiger partial charge in [0.2, 0.25) is 0 Å². The molecular weight excluding hydrogens is 264 g/mol. The highest BCUT2D eigenvalue weighted by Crippen LogP contribution is 2.48. The molecule has 1 aromatic carbocycles. The molecular formula is C22H34. The maximum Gasteiger partial charge on any atom is -0.0108 e. The van der Waals surface area contributed by atoms with Crippen molar-refractivity contribution in [1.29, 1.82) is 0 Å². The highest BCUT2D eigenvalue weighted by molar-refractivity contribution is 5.73. The number of unbranched alkanes of at least 4 members (excludes halogenated alkanes) is 3. The predicted octanol–water partition coefficient (Wildman–Crippen LogP) is 7.18. The SMILES string of the molecule is CCCCCCC(C(=C1CC1)c1ccc(C)cc1)C(C)(C)C. The van der Waals surface area contributed by atoms with E-state index in [1.807, 2.05) is 0 Å². The Morgan fingerprint density at radius 3 is 2.14 bits per heavy atom. The number of allylic oxidation sites excluding steroid dienone is 2. The largest absolute Gasteiger partial charge is 0.0655 e. The summed E-state index contributed by atoms with van der Waals surface area (Å²) in [5.41, 5.74) is 6.60. The Bertz CT molecular complexity index is 490. The molecule has 0 amide bonds. The van der Waals surface area contributed by atoms with Gasteiger partial charge in [-0.3, -0.25) is 0 Å². The zero-order chi connectivity index (χ0) is 16.2. The van der Waals surface area contributed by atoms with Crippen molar-refractivity contribution in [1.82, 2.24) is 0 Å². The summed E-state index contributed by atoms with van der Waals surface area (Å²) >= 11 is 0. The van der Waals surface area contributed by atoms with Crippen molar-refractivity contribution in [3.63, 3.8) is 0 Å². The zero-order valence-corrected chi connectivity index (χ0v) is 15.3. The van der Waals surface area contributed by atoms with Gasteiger partial charge in [0, 0.05) is 0 Å². The molecule has 0 aromatic heterocycles. The van der Waals surface area contributed by atoms with Gasteiger partial charge in [0.25, 0.3) is 0 Å². The first-order valence-corrected chi connectivity index (χ1v) is 9.22. The Kier molecular flexibility index (Phi) is 5.89. The fourth-order valence-electron chi connectivity index (χ4n) is 3.50. The van der Waals surface area contributed by atoms with Crippen molar-refractivity contribution in [3.05, 3.63) is 41.0 Å². The van der Waals surface area contributed by atoms with Gasteiger partial charge in [-0.15, -0.1) is 0 Å². The van der Waals surface area contributed by atoms with Crippen LogP contribution in [-0.2, 0) is 0 Å². The molecule has 0 heteroatoms. The van der Waals surface area contributed by atoms with Gasteiger partial charge in [-0.1, -0.05) is 88.8 Å². The molecule has 2 rings (SSSR count). The normalized spacial score (nSPS) is 15.8. The van der Waals surface area contributed by atoms with E-state index < -0.39 is 0 Å². The first-order chi connectivity index (χ1) is 10.4. The molecule has 0 N–H and O–H groups in total. The lowest BCUT2D eigenvalue weighted by atomic mass is 9.71. The van der Waals surface area contributed by atoms with E-state index in [2.05, 4.69) is 58.9 Å². The summed E-state index contributed by atoms with van der Waals surface area (Å²) < 4.78 is 0. The molecule has 0 saturated heterocycles. The van der Waals surface area contributed by atoms with Gasteiger partial charge in [-0.2, -0.15) is 0 Å². The maximum absolute atomic E-state index is 2.43. The zero-order valence-electron chi connectivity index (χ0n) is 15.3. The van der Waals surface area contributed by atoms with E-state index in [0.717, 1.165) is 0 Å². The molecule has 1 aliphatic carbocycles. The van der Waals surface area contributed by atoms with Crippen LogP contribution in [0, 0.1) is 18.3 Å². The van der Waals surface area contributed by atoms with E-state index in [0.29, 0.717) is 11.3 Å². The van der Waals surface area contributed by atoms with Gasteiger partial charge in [-0.25, -0.2) is 0 Å². The van der Waals surface area contributed by atoms with Crippen LogP contribution in [0.15, 0.2) is 29.8 Å². The van der Waals surface area contributed by atoms with Crippen LogP contribution in [0.1, 0.15) is 83.8 Å². The lowest BCUT2D eigenvalue weighted by molar-refractivity contribution is 0.280. The van der Waals surface area contributed by atoms with Crippen molar-refractivity contribution in [3.8, 4) is 0 Å². The second kappa shape index (κ2) is 7.49. The number of hydrogen-bond donors (Lipinski definition) is 0. The number of hydrogen-bond acceptors (Lipinski definition) is 0. The molecule has 1 fully saturated rings. The van der Waals surface area contributed by atoms with Crippen LogP contribution in [0.5, 0.6) is 0 Å². The second-order valence-corrected chi connectivity index (χ2v) is 8.15. The minimum Gasteiger partial charge on any atom is -0.0655 e. The van der Waals surface area contributed by atoms with E-state index in [1.54, 1.807) is 11.1 Å². The molecule has 0 nitrogen and oxygen atoms in total. The van der Waals surface area contributed by atoms with Crippen molar-refractivity contribution < 1.29 is 0 Å². The third-order valence-corrected chi connectivity index (χ3v) is 4.98. The fourth-order valence-corrected chi connectivity index (χ4v) is 3.50. The summed E-state index contributed by atoms with van der Waals surface area (Å²) in [4.78, 5) is 0. The number of rotatable bonds is 7. The van der Waals surface area contributed by atoms with E-state index in [4.69, 9.17) is 0 Å². The average molecular weight is 299 g/mol. The van der Waals surface area contributed by atoms with Crippen molar-refractivity contribution in [2.75, 3.05) is 0 Å². The number of aryl methyl sites for hydroxylation is 1. The molecule has 1 saturated carbocycles. The quantitative estimate of drug-likeness (QED) is 0.468. The standard InChI is InChI=1S/C22H34/c1-6-7-8-9-10-20(22(3,4)5)21(19-15-16-19)18-13-11-17(2)12-14-18/h11-14,20H,6-10,15-16H2,1-5H3. The molecule has 0 spiro atoms. The van der Waals surface area contributed by atoms with Crippen LogP contribution in [0.25, 0.3) is 5.57 Å². The summed E-state index contributed by atoms with van der Waals surface area (Å²) in [7, 11) is 0. The Labute approximate surface area is 138 Å². The van der Waals surface area contributed by atoms with E-state index in [-0.39, 0.29) is 0 Å².